The maximum atomic E-state index is 14.6. The Morgan fingerprint density at radius 2 is 1.74 bits per heavy atom. The van der Waals surface area contributed by atoms with Gasteiger partial charge in [-0.25, -0.2) is 9.67 Å². The standard InChI is InChI=1S/C39H40N4O4/c1-22-12-13-23(2)31(16-22)43-38(45)35(24(3)42(43)7)41-37(44)34-28-10-8-9-11-30(28)40-36-26(19-27(20-29(34)36)39(4,5)6)17-25-14-15-32-33(18-25)47-21-46-32/h8-18,27H,19-21H2,1-7H3,(H,41,44)/b26-17-. The lowest BCUT2D eigenvalue weighted by atomic mass is 9.69. The smallest absolute Gasteiger partial charge is 0.295 e. The van der Waals surface area contributed by atoms with Crippen LogP contribution in [0.3, 0.4) is 0 Å². The molecule has 0 bridgehead atoms. The predicted molar refractivity (Wildman–Crippen MR) is 187 cm³/mol. The van der Waals surface area contributed by atoms with Crippen molar-refractivity contribution in [1.82, 2.24) is 14.3 Å². The van der Waals surface area contributed by atoms with Gasteiger partial charge in [-0.15, -0.1) is 0 Å². The molecule has 8 heteroatoms. The zero-order chi connectivity index (χ0) is 33.2. The fourth-order valence-electron chi connectivity index (χ4n) is 6.85. The summed E-state index contributed by atoms with van der Waals surface area (Å²) >= 11 is 0. The lowest BCUT2D eigenvalue weighted by Crippen LogP contribution is -2.30. The number of nitrogens with zero attached hydrogens (tertiary/aromatic N) is 3. The largest absolute Gasteiger partial charge is 0.454 e. The minimum Gasteiger partial charge on any atom is -0.454 e. The number of aromatic nitrogens is 3. The molecule has 47 heavy (non-hydrogen) atoms. The van der Waals surface area contributed by atoms with E-state index in [-0.39, 0.29) is 35.3 Å². The van der Waals surface area contributed by atoms with Crippen LogP contribution in [0.15, 0.2) is 65.5 Å². The first-order valence-electron chi connectivity index (χ1n) is 16.1. The minimum atomic E-state index is -0.309. The van der Waals surface area contributed by atoms with E-state index in [0.717, 1.165) is 68.0 Å². The van der Waals surface area contributed by atoms with Crippen molar-refractivity contribution in [2.24, 2.45) is 18.4 Å². The molecule has 8 nitrogen and oxygen atoms in total. The van der Waals surface area contributed by atoms with Crippen LogP contribution in [-0.4, -0.2) is 27.0 Å². The third-order valence-electron chi connectivity index (χ3n) is 9.79. The van der Waals surface area contributed by atoms with Crippen LogP contribution in [0.1, 0.15) is 71.2 Å². The third-order valence-corrected chi connectivity index (χ3v) is 9.79. The van der Waals surface area contributed by atoms with Crippen LogP contribution < -0.4 is 20.3 Å². The number of hydrogen-bond donors (Lipinski definition) is 1. The number of benzene rings is 3. The van der Waals surface area contributed by atoms with Crippen molar-refractivity contribution in [2.75, 3.05) is 12.1 Å². The second-order valence-electron chi connectivity index (χ2n) is 13.9. The first-order valence-corrected chi connectivity index (χ1v) is 16.1. The number of nitrogens with one attached hydrogen (secondary N) is 1. The molecular formula is C39H40N4O4. The van der Waals surface area contributed by atoms with Gasteiger partial charge in [0.05, 0.1) is 28.2 Å². The summed E-state index contributed by atoms with van der Waals surface area (Å²) in [6.07, 6.45) is 3.67. The zero-order valence-electron chi connectivity index (χ0n) is 28.0. The lowest BCUT2D eigenvalue weighted by Gasteiger charge is -2.37. The zero-order valence-corrected chi connectivity index (χ0v) is 28.0. The van der Waals surface area contributed by atoms with Crippen LogP contribution in [0.5, 0.6) is 11.5 Å². The molecule has 0 spiro atoms. The molecule has 2 aliphatic rings. The van der Waals surface area contributed by atoms with Gasteiger partial charge in [-0.3, -0.25) is 14.3 Å². The van der Waals surface area contributed by atoms with Gasteiger partial charge >= 0.3 is 0 Å². The number of carbonyl (C=O) groups is 1. The first-order chi connectivity index (χ1) is 22.4. The van der Waals surface area contributed by atoms with Crippen molar-refractivity contribution in [2.45, 2.75) is 54.4 Å². The number of pyridine rings is 1. The average Bonchev–Trinajstić information content (AvgIpc) is 3.58. The highest BCUT2D eigenvalue weighted by Crippen LogP contribution is 2.45. The fraction of sp³-hybridized carbons (Fsp3) is 0.308. The SMILES string of the molecule is Cc1ccc(C)c(-n2c(=O)c(NC(=O)c3c4c(nc5ccccc35)/C(=C\c3ccc5c(c3)OCO5)CC(C(C)(C)C)C4)c(C)n2C)c1. The van der Waals surface area contributed by atoms with Gasteiger partial charge in [0.25, 0.3) is 11.5 Å². The quantitative estimate of drug-likeness (QED) is 0.220. The number of rotatable bonds is 4. The molecule has 1 atom stereocenters. The molecule has 0 fully saturated rings. The maximum Gasteiger partial charge on any atom is 0.295 e. The highest BCUT2D eigenvalue weighted by Gasteiger charge is 2.35. The Morgan fingerprint density at radius 1 is 0.979 bits per heavy atom. The van der Waals surface area contributed by atoms with Crippen LogP contribution in [0.2, 0.25) is 0 Å². The highest BCUT2D eigenvalue weighted by molar-refractivity contribution is 6.14. The monoisotopic (exact) mass is 628 g/mol. The number of amides is 1. The molecule has 0 saturated heterocycles. The molecule has 0 saturated carbocycles. The van der Waals surface area contributed by atoms with Gasteiger partial charge in [0.1, 0.15) is 5.69 Å². The van der Waals surface area contributed by atoms with Crippen molar-refractivity contribution in [3.8, 4) is 17.2 Å². The fourth-order valence-corrected chi connectivity index (χ4v) is 6.85. The van der Waals surface area contributed by atoms with Gasteiger partial charge in [0, 0.05) is 12.4 Å². The molecule has 1 aliphatic heterocycles. The van der Waals surface area contributed by atoms with Gasteiger partial charge in [-0.2, -0.15) is 0 Å². The van der Waals surface area contributed by atoms with Gasteiger partial charge in [-0.05, 0) is 103 Å². The maximum absolute atomic E-state index is 14.6. The highest BCUT2D eigenvalue weighted by atomic mass is 16.7. The number of allylic oxidation sites excluding steroid dienone is 1. The number of aryl methyl sites for hydroxylation is 2. The molecule has 1 aliphatic carbocycles. The Labute approximate surface area is 274 Å². The van der Waals surface area contributed by atoms with Gasteiger partial charge < -0.3 is 14.8 Å². The average molecular weight is 629 g/mol. The molecule has 1 unspecified atom stereocenters. The number of carbonyl (C=O) groups excluding carboxylic acids is 1. The summed E-state index contributed by atoms with van der Waals surface area (Å²) < 4.78 is 14.6. The molecule has 5 aromatic rings. The normalized spacial score (nSPS) is 16.5. The lowest BCUT2D eigenvalue weighted by molar-refractivity contribution is 0.102. The van der Waals surface area contributed by atoms with Crippen LogP contribution in [0.25, 0.3) is 28.2 Å². The van der Waals surface area contributed by atoms with Crippen LogP contribution in [0.4, 0.5) is 5.69 Å². The van der Waals surface area contributed by atoms with E-state index in [1.54, 1.807) is 4.68 Å². The Bertz CT molecular complexity index is 2180. The van der Waals surface area contributed by atoms with Gasteiger partial charge in [0.15, 0.2) is 11.5 Å². The summed E-state index contributed by atoms with van der Waals surface area (Å²) in [6.45, 7) is 12.8. The summed E-state index contributed by atoms with van der Waals surface area (Å²) in [7, 11) is 1.85. The molecule has 3 aromatic carbocycles. The first kappa shape index (κ1) is 30.5. The van der Waals surface area contributed by atoms with Crippen LogP contribution in [0, 0.1) is 32.1 Å². The van der Waals surface area contributed by atoms with E-state index in [4.69, 9.17) is 14.5 Å². The number of fused-ring (bicyclic) bond motifs is 3. The summed E-state index contributed by atoms with van der Waals surface area (Å²) in [5.41, 5.74) is 8.55. The van der Waals surface area contributed by atoms with E-state index < -0.39 is 0 Å². The van der Waals surface area contributed by atoms with E-state index in [1.807, 2.05) is 93.2 Å². The molecule has 2 aromatic heterocycles. The van der Waals surface area contributed by atoms with E-state index >= 15 is 0 Å². The van der Waals surface area contributed by atoms with Gasteiger partial charge in [0.2, 0.25) is 6.79 Å². The molecule has 0 radical (unpaired) electrons. The Morgan fingerprint density at radius 3 is 2.53 bits per heavy atom. The van der Waals surface area contributed by atoms with Crippen LogP contribution in [-0.2, 0) is 13.5 Å². The molecular weight excluding hydrogens is 588 g/mol. The molecule has 1 amide bonds. The van der Waals surface area contributed by atoms with Crippen LogP contribution >= 0.6 is 0 Å². The minimum absolute atomic E-state index is 0.0273. The van der Waals surface area contributed by atoms with Crippen molar-refractivity contribution >= 4 is 34.1 Å². The number of hydrogen-bond acceptors (Lipinski definition) is 5. The Kier molecular flexibility index (Phi) is 7.34. The molecule has 1 N–H and O–H groups in total. The second kappa shape index (κ2) is 11.3. The summed E-state index contributed by atoms with van der Waals surface area (Å²) in [5, 5.41) is 3.85. The number of ether oxygens (including phenoxy) is 2. The van der Waals surface area contributed by atoms with Crippen molar-refractivity contribution in [1.29, 1.82) is 0 Å². The van der Waals surface area contributed by atoms with Crippen molar-refractivity contribution < 1.29 is 14.3 Å². The van der Waals surface area contributed by atoms with E-state index in [2.05, 4.69) is 32.2 Å². The van der Waals surface area contributed by atoms with E-state index in [0.29, 0.717) is 17.7 Å². The Hall–Kier alpha value is -5.11. The predicted octanol–water partition coefficient (Wildman–Crippen LogP) is 7.78. The molecule has 240 valence electrons. The third kappa shape index (κ3) is 5.31. The number of para-hydroxylation sites is 1. The van der Waals surface area contributed by atoms with Crippen molar-refractivity contribution in [3.63, 3.8) is 0 Å². The number of anilines is 1. The summed E-state index contributed by atoms with van der Waals surface area (Å²) in [4.78, 5) is 33.8. The van der Waals surface area contributed by atoms with Gasteiger partial charge in [-0.1, -0.05) is 57.2 Å². The van der Waals surface area contributed by atoms with E-state index in [9.17, 15) is 9.59 Å². The van der Waals surface area contributed by atoms with Crippen molar-refractivity contribution in [3.05, 3.63) is 110 Å². The Balaban J connectivity index is 1.38. The molecule has 3 heterocycles. The summed E-state index contributed by atoms with van der Waals surface area (Å²) in [6, 6.07) is 19.7. The van der Waals surface area contributed by atoms with E-state index in [1.165, 1.54) is 0 Å². The second-order valence-corrected chi connectivity index (χ2v) is 13.9. The topological polar surface area (TPSA) is 87.4 Å². The summed E-state index contributed by atoms with van der Waals surface area (Å²) in [5.74, 6) is 1.40. The molecule has 7 rings (SSSR count).